The highest BCUT2D eigenvalue weighted by Gasteiger charge is 2.19. The van der Waals surface area contributed by atoms with E-state index in [-0.39, 0.29) is 31.6 Å². The number of hydrogen-bond donors (Lipinski definition) is 0. The Labute approximate surface area is 395 Å². The predicted molar refractivity (Wildman–Crippen MR) is 274 cm³/mol. The van der Waals surface area contributed by atoms with Crippen molar-refractivity contribution in [2.75, 3.05) is 13.2 Å². The van der Waals surface area contributed by atoms with Crippen molar-refractivity contribution in [2.45, 2.75) is 264 Å². The number of unbranched alkanes of at least 4 members (excludes halogenated alkanes) is 25. The van der Waals surface area contributed by atoms with Gasteiger partial charge in [0.1, 0.15) is 13.2 Å². The molecule has 0 aliphatic carbocycles. The van der Waals surface area contributed by atoms with E-state index in [0.29, 0.717) is 19.3 Å². The minimum absolute atomic E-state index is 0.107. The van der Waals surface area contributed by atoms with Crippen LogP contribution in [-0.2, 0) is 28.6 Å². The molecule has 64 heavy (non-hydrogen) atoms. The summed E-state index contributed by atoms with van der Waals surface area (Å²) in [5, 5.41) is 0. The first-order chi connectivity index (χ1) is 31.5. The van der Waals surface area contributed by atoms with Crippen LogP contribution in [0.1, 0.15) is 258 Å². The Kier molecular flexibility index (Phi) is 49.9. The average molecular weight is 893 g/mol. The Morgan fingerprint density at radius 1 is 0.328 bits per heavy atom. The first-order valence-electron chi connectivity index (χ1n) is 26.9. The Morgan fingerprint density at radius 2 is 0.672 bits per heavy atom. The molecule has 0 rings (SSSR count). The molecule has 6 nitrogen and oxygen atoms in total. The summed E-state index contributed by atoms with van der Waals surface area (Å²) in [6, 6.07) is 0. The maximum Gasteiger partial charge on any atom is 0.306 e. The summed E-state index contributed by atoms with van der Waals surface area (Å²) in [5.74, 6) is -0.999. The fourth-order valence-corrected chi connectivity index (χ4v) is 7.39. The van der Waals surface area contributed by atoms with Crippen LogP contribution in [0.3, 0.4) is 0 Å². The van der Waals surface area contributed by atoms with E-state index in [2.05, 4.69) is 81.5 Å². The van der Waals surface area contributed by atoms with Crippen molar-refractivity contribution in [1.29, 1.82) is 0 Å². The number of hydrogen-bond acceptors (Lipinski definition) is 6. The van der Waals surface area contributed by atoms with Crippen molar-refractivity contribution in [2.24, 2.45) is 0 Å². The van der Waals surface area contributed by atoms with Gasteiger partial charge in [-0.25, -0.2) is 0 Å². The zero-order valence-corrected chi connectivity index (χ0v) is 42.0. The third-order valence-electron chi connectivity index (χ3n) is 11.4. The van der Waals surface area contributed by atoms with E-state index in [1.54, 1.807) is 0 Å². The lowest BCUT2D eigenvalue weighted by Gasteiger charge is -2.18. The Balaban J connectivity index is 4.29. The van der Waals surface area contributed by atoms with Gasteiger partial charge in [0, 0.05) is 19.3 Å². The molecule has 6 heteroatoms. The van der Waals surface area contributed by atoms with Crippen LogP contribution in [0.4, 0.5) is 0 Å². The second kappa shape index (κ2) is 52.5. The van der Waals surface area contributed by atoms with E-state index in [4.69, 9.17) is 14.2 Å². The van der Waals surface area contributed by atoms with Crippen LogP contribution in [0, 0.1) is 0 Å². The van der Waals surface area contributed by atoms with Crippen LogP contribution in [-0.4, -0.2) is 37.2 Å². The van der Waals surface area contributed by atoms with Crippen molar-refractivity contribution in [3.05, 3.63) is 72.9 Å². The fraction of sp³-hybridized carbons (Fsp3) is 0.741. The van der Waals surface area contributed by atoms with Crippen molar-refractivity contribution in [3.8, 4) is 0 Å². The molecule has 0 aromatic heterocycles. The summed E-state index contributed by atoms with van der Waals surface area (Å²) >= 11 is 0. The maximum atomic E-state index is 12.7. The number of ether oxygens (including phenoxy) is 3. The Bertz CT molecular complexity index is 1210. The van der Waals surface area contributed by atoms with Gasteiger partial charge in [0.05, 0.1) is 0 Å². The summed E-state index contributed by atoms with van der Waals surface area (Å²) in [5.41, 5.74) is 0. The number of rotatable bonds is 48. The summed E-state index contributed by atoms with van der Waals surface area (Å²) < 4.78 is 16.7. The molecule has 0 aliphatic rings. The monoisotopic (exact) mass is 893 g/mol. The molecule has 0 aromatic carbocycles. The van der Waals surface area contributed by atoms with Gasteiger partial charge < -0.3 is 14.2 Å². The van der Waals surface area contributed by atoms with Gasteiger partial charge in [-0.15, -0.1) is 0 Å². The van der Waals surface area contributed by atoms with Gasteiger partial charge in [0.2, 0.25) is 0 Å². The van der Waals surface area contributed by atoms with Gasteiger partial charge in [0.15, 0.2) is 6.10 Å². The number of carbonyl (C=O) groups is 3. The second-order valence-corrected chi connectivity index (χ2v) is 17.7. The fourth-order valence-electron chi connectivity index (χ4n) is 7.39. The SMILES string of the molecule is CC/C=C\C/C=C\C/C=C\C/C=C\CCC(=O)OC(COC(=O)CCCCCCC/C=C\CCC)COC(=O)CCCCCCCCCCCCC/C=C\CCCCCCCCCC. The van der Waals surface area contributed by atoms with Crippen LogP contribution >= 0.6 is 0 Å². The molecule has 0 amide bonds. The lowest BCUT2D eigenvalue weighted by atomic mass is 10.0. The summed E-state index contributed by atoms with van der Waals surface area (Å²) in [7, 11) is 0. The molecule has 1 atom stereocenters. The van der Waals surface area contributed by atoms with Crippen molar-refractivity contribution >= 4 is 17.9 Å². The van der Waals surface area contributed by atoms with E-state index < -0.39 is 12.1 Å². The average Bonchev–Trinajstić information content (AvgIpc) is 3.29. The highest BCUT2D eigenvalue weighted by molar-refractivity contribution is 5.71. The molecule has 0 radical (unpaired) electrons. The van der Waals surface area contributed by atoms with Gasteiger partial charge in [0.25, 0.3) is 0 Å². The molecule has 0 spiro atoms. The molecule has 0 saturated heterocycles. The molecule has 0 fully saturated rings. The topological polar surface area (TPSA) is 78.9 Å². The zero-order chi connectivity index (χ0) is 46.5. The highest BCUT2D eigenvalue weighted by atomic mass is 16.6. The van der Waals surface area contributed by atoms with Gasteiger partial charge in [-0.3, -0.25) is 14.4 Å². The third-order valence-corrected chi connectivity index (χ3v) is 11.4. The Morgan fingerprint density at radius 3 is 1.08 bits per heavy atom. The van der Waals surface area contributed by atoms with Crippen LogP contribution in [0.15, 0.2) is 72.9 Å². The normalized spacial score (nSPS) is 12.6. The summed E-state index contributed by atoms with van der Waals surface area (Å²) in [6.07, 6.45) is 66.4. The standard InChI is InChI=1S/C58H100O6/c1-4-7-10-13-16-19-22-24-25-26-27-28-29-30-31-32-33-35-36-39-42-45-48-51-57(60)63-54-55(53-62-56(59)50-47-44-41-38-21-18-15-12-9-6-3)64-58(61)52-49-46-43-40-37-34-23-20-17-14-11-8-5-2/h8,11-12,15,17,20,26-27,34,37,43,46,55H,4-7,9-10,13-14,16,18-19,21-25,28-33,35-36,38-42,44-45,47-54H2,1-3H3/b11-8-,15-12-,20-17-,27-26-,37-34-,46-43-. The number of esters is 3. The molecule has 0 bridgehead atoms. The van der Waals surface area contributed by atoms with Crippen LogP contribution in [0.5, 0.6) is 0 Å². The largest absolute Gasteiger partial charge is 0.462 e. The highest BCUT2D eigenvalue weighted by Crippen LogP contribution is 2.15. The first kappa shape index (κ1) is 60.9. The quantitative estimate of drug-likeness (QED) is 0.0262. The van der Waals surface area contributed by atoms with Gasteiger partial charge in [-0.2, -0.15) is 0 Å². The molecular weight excluding hydrogens is 793 g/mol. The molecule has 0 N–H and O–H groups in total. The molecule has 0 aliphatic heterocycles. The van der Waals surface area contributed by atoms with Crippen molar-refractivity contribution in [1.82, 2.24) is 0 Å². The summed E-state index contributed by atoms with van der Waals surface area (Å²) in [6.45, 7) is 6.40. The number of carbonyl (C=O) groups excluding carboxylic acids is 3. The third kappa shape index (κ3) is 49.9. The van der Waals surface area contributed by atoms with Crippen LogP contribution < -0.4 is 0 Å². The minimum atomic E-state index is -0.815. The smallest absolute Gasteiger partial charge is 0.306 e. The first-order valence-corrected chi connectivity index (χ1v) is 26.9. The van der Waals surface area contributed by atoms with E-state index in [9.17, 15) is 14.4 Å². The molecule has 0 saturated carbocycles. The molecule has 0 aromatic rings. The van der Waals surface area contributed by atoms with E-state index in [1.807, 2.05) is 12.2 Å². The van der Waals surface area contributed by atoms with Crippen molar-refractivity contribution in [3.63, 3.8) is 0 Å². The zero-order valence-electron chi connectivity index (χ0n) is 42.0. The summed E-state index contributed by atoms with van der Waals surface area (Å²) in [4.78, 5) is 37.9. The Hall–Kier alpha value is -3.15. The second-order valence-electron chi connectivity index (χ2n) is 17.7. The van der Waals surface area contributed by atoms with Crippen LogP contribution in [0.2, 0.25) is 0 Å². The van der Waals surface area contributed by atoms with E-state index in [1.165, 1.54) is 128 Å². The van der Waals surface area contributed by atoms with Gasteiger partial charge in [-0.05, 0) is 89.9 Å². The van der Waals surface area contributed by atoms with Gasteiger partial charge in [-0.1, -0.05) is 222 Å². The molecule has 368 valence electrons. The molecule has 1 unspecified atom stereocenters. The molecular formula is C58H100O6. The minimum Gasteiger partial charge on any atom is -0.462 e. The van der Waals surface area contributed by atoms with E-state index in [0.717, 1.165) is 83.5 Å². The van der Waals surface area contributed by atoms with Crippen LogP contribution in [0.25, 0.3) is 0 Å². The predicted octanol–water partition coefficient (Wildman–Crippen LogP) is 17.8. The lowest BCUT2D eigenvalue weighted by Crippen LogP contribution is -2.30. The molecule has 0 heterocycles. The maximum absolute atomic E-state index is 12.7. The van der Waals surface area contributed by atoms with Gasteiger partial charge >= 0.3 is 17.9 Å². The van der Waals surface area contributed by atoms with Crippen molar-refractivity contribution < 1.29 is 28.6 Å². The van der Waals surface area contributed by atoms with E-state index >= 15 is 0 Å². The lowest BCUT2D eigenvalue weighted by molar-refractivity contribution is -0.166. The number of allylic oxidation sites excluding steroid dienone is 12.